The monoisotopic (exact) mass is 408 g/mol. The number of hydrogen-bond donors (Lipinski definition) is 1. The number of amides is 1. The maximum atomic E-state index is 12.8. The number of H-pyrrole nitrogens is 1. The van der Waals surface area contributed by atoms with Gasteiger partial charge in [0, 0.05) is 31.3 Å². The summed E-state index contributed by atoms with van der Waals surface area (Å²) in [5.41, 5.74) is 2.40. The number of nitrogens with zero attached hydrogens (tertiary/aromatic N) is 3. The number of oxazole rings is 1. The fraction of sp³-hybridized carbons (Fsp3) is 0.364. The minimum Gasteiger partial charge on any atom is -0.442 e. The molecule has 2 aromatic heterocycles. The molecular weight excluding hydrogens is 384 g/mol. The first-order chi connectivity index (χ1) is 14.5. The van der Waals surface area contributed by atoms with Gasteiger partial charge in [0.1, 0.15) is 17.3 Å². The highest BCUT2D eigenvalue weighted by molar-refractivity contribution is 5.79. The van der Waals surface area contributed by atoms with Gasteiger partial charge in [0.05, 0.1) is 13.0 Å². The molecule has 156 valence electrons. The molecular formula is C22H24N4O4. The molecule has 3 aromatic rings. The molecule has 0 bridgehead atoms. The quantitative estimate of drug-likeness (QED) is 0.695. The molecule has 0 saturated heterocycles. The second-order valence-electron chi connectivity index (χ2n) is 7.41. The van der Waals surface area contributed by atoms with Gasteiger partial charge in [0.2, 0.25) is 11.8 Å². The Morgan fingerprint density at radius 2 is 2.03 bits per heavy atom. The Hall–Kier alpha value is -3.26. The van der Waals surface area contributed by atoms with Crippen LogP contribution in [0.5, 0.6) is 0 Å². The van der Waals surface area contributed by atoms with Crippen molar-refractivity contribution in [3.05, 3.63) is 80.7 Å². The summed E-state index contributed by atoms with van der Waals surface area (Å²) in [6.07, 6.45) is 0.181. The number of aromatic amines is 1. The summed E-state index contributed by atoms with van der Waals surface area (Å²) < 4.78 is 11.6. The van der Waals surface area contributed by atoms with E-state index >= 15 is 0 Å². The van der Waals surface area contributed by atoms with E-state index in [0.717, 1.165) is 17.0 Å². The molecule has 4 rings (SSSR count). The van der Waals surface area contributed by atoms with Crippen molar-refractivity contribution < 1.29 is 13.9 Å². The van der Waals surface area contributed by atoms with Gasteiger partial charge in [-0.2, -0.15) is 0 Å². The summed E-state index contributed by atoms with van der Waals surface area (Å²) in [6, 6.07) is 9.74. The topological polar surface area (TPSA) is 101 Å². The number of ether oxygens (including phenoxy) is 1. The van der Waals surface area contributed by atoms with Gasteiger partial charge in [-0.1, -0.05) is 30.3 Å². The predicted octanol–water partition coefficient (Wildman–Crippen LogP) is 2.24. The smallest absolute Gasteiger partial charge is 0.254 e. The van der Waals surface area contributed by atoms with Crippen LogP contribution >= 0.6 is 0 Å². The van der Waals surface area contributed by atoms with Gasteiger partial charge in [-0.3, -0.25) is 9.59 Å². The van der Waals surface area contributed by atoms with Crippen molar-refractivity contribution in [2.75, 3.05) is 13.7 Å². The average Bonchev–Trinajstić information content (AvgIpc) is 3.14. The summed E-state index contributed by atoms with van der Waals surface area (Å²) in [5.74, 6) is 1.67. The zero-order valence-electron chi connectivity index (χ0n) is 17.3. The second kappa shape index (κ2) is 8.23. The summed E-state index contributed by atoms with van der Waals surface area (Å²) in [6.45, 7) is 4.33. The SMILES string of the molecule is COC(c1ccccc1)c1nc2c(o1)CCN(C(=O)Cc1c(C)nc(C)[nH]c1=O)C2. The van der Waals surface area contributed by atoms with Crippen LogP contribution in [-0.2, 0) is 28.9 Å². The van der Waals surface area contributed by atoms with Gasteiger partial charge in [-0.15, -0.1) is 0 Å². The highest BCUT2D eigenvalue weighted by Gasteiger charge is 2.29. The normalized spacial score (nSPS) is 14.4. The minimum absolute atomic E-state index is 0.0131. The molecule has 0 aliphatic carbocycles. The Bertz CT molecular complexity index is 1120. The van der Waals surface area contributed by atoms with Crippen molar-refractivity contribution in [1.29, 1.82) is 0 Å². The maximum Gasteiger partial charge on any atom is 0.254 e. The Balaban J connectivity index is 1.52. The molecule has 0 saturated carbocycles. The van der Waals surface area contributed by atoms with Crippen LogP contribution in [0.1, 0.15) is 46.1 Å². The van der Waals surface area contributed by atoms with Gasteiger partial charge in [0.25, 0.3) is 5.56 Å². The molecule has 1 aliphatic heterocycles. The van der Waals surface area contributed by atoms with E-state index in [1.807, 2.05) is 30.3 Å². The number of carbonyl (C=O) groups is 1. The molecule has 0 radical (unpaired) electrons. The van der Waals surface area contributed by atoms with Crippen LogP contribution in [0, 0.1) is 13.8 Å². The zero-order chi connectivity index (χ0) is 21.3. The maximum absolute atomic E-state index is 12.8. The van der Waals surface area contributed by atoms with Crippen LogP contribution in [0.15, 0.2) is 39.5 Å². The zero-order valence-corrected chi connectivity index (χ0v) is 17.3. The summed E-state index contributed by atoms with van der Waals surface area (Å²) in [5, 5.41) is 0. The molecule has 3 heterocycles. The molecule has 1 amide bonds. The number of aromatic nitrogens is 3. The average molecular weight is 408 g/mol. The summed E-state index contributed by atoms with van der Waals surface area (Å²) in [4.78, 5) is 38.3. The van der Waals surface area contributed by atoms with E-state index in [0.29, 0.717) is 42.5 Å². The van der Waals surface area contributed by atoms with Gasteiger partial charge < -0.3 is 19.0 Å². The Kier molecular flexibility index (Phi) is 5.50. The molecule has 8 heteroatoms. The van der Waals surface area contributed by atoms with Gasteiger partial charge in [-0.25, -0.2) is 9.97 Å². The van der Waals surface area contributed by atoms with Crippen LogP contribution in [0.2, 0.25) is 0 Å². The van der Waals surface area contributed by atoms with E-state index in [-0.39, 0.29) is 17.9 Å². The van der Waals surface area contributed by atoms with Crippen molar-refractivity contribution in [2.45, 2.75) is 39.3 Å². The number of carbonyl (C=O) groups excluding carboxylic acids is 1. The number of nitrogens with one attached hydrogen (secondary N) is 1. The third kappa shape index (κ3) is 3.91. The van der Waals surface area contributed by atoms with Crippen molar-refractivity contribution >= 4 is 5.91 Å². The predicted molar refractivity (Wildman–Crippen MR) is 109 cm³/mol. The molecule has 1 aromatic carbocycles. The fourth-order valence-corrected chi connectivity index (χ4v) is 3.77. The number of aryl methyl sites for hydroxylation is 2. The standard InChI is InChI=1S/C22H24N4O4/c1-13-16(21(28)24-14(2)23-13)11-19(27)26-10-9-18-17(12-26)25-22(30-18)20(29-3)15-7-5-4-6-8-15/h4-8,20H,9-12H2,1-3H3,(H,23,24,28). The summed E-state index contributed by atoms with van der Waals surface area (Å²) in [7, 11) is 1.62. The molecule has 1 aliphatic rings. The third-order valence-electron chi connectivity index (χ3n) is 5.33. The summed E-state index contributed by atoms with van der Waals surface area (Å²) >= 11 is 0. The van der Waals surface area contributed by atoms with Crippen LogP contribution in [0.3, 0.4) is 0 Å². The molecule has 30 heavy (non-hydrogen) atoms. The first-order valence-electron chi connectivity index (χ1n) is 9.86. The lowest BCUT2D eigenvalue weighted by Crippen LogP contribution is -2.38. The minimum atomic E-state index is -0.402. The number of benzene rings is 1. The second-order valence-corrected chi connectivity index (χ2v) is 7.41. The molecule has 1 atom stereocenters. The van der Waals surface area contributed by atoms with Crippen LogP contribution in [-0.4, -0.2) is 39.4 Å². The fourth-order valence-electron chi connectivity index (χ4n) is 3.77. The Labute approximate surface area is 173 Å². The number of fused-ring (bicyclic) bond motifs is 1. The van der Waals surface area contributed by atoms with Gasteiger partial charge in [0.15, 0.2) is 6.10 Å². The lowest BCUT2D eigenvalue weighted by atomic mass is 10.1. The van der Waals surface area contributed by atoms with E-state index in [4.69, 9.17) is 9.15 Å². The number of hydrogen-bond acceptors (Lipinski definition) is 6. The van der Waals surface area contributed by atoms with E-state index in [1.54, 1.807) is 25.9 Å². The molecule has 1 unspecified atom stereocenters. The molecule has 8 nitrogen and oxygen atoms in total. The van der Waals surface area contributed by atoms with E-state index in [9.17, 15) is 9.59 Å². The number of methoxy groups -OCH3 is 1. The Morgan fingerprint density at radius 1 is 1.27 bits per heavy atom. The van der Waals surface area contributed by atoms with Crippen molar-refractivity contribution in [1.82, 2.24) is 19.9 Å². The van der Waals surface area contributed by atoms with Crippen molar-refractivity contribution in [3.63, 3.8) is 0 Å². The lowest BCUT2D eigenvalue weighted by Gasteiger charge is -2.25. The van der Waals surface area contributed by atoms with Crippen LogP contribution < -0.4 is 5.56 Å². The molecule has 1 N–H and O–H groups in total. The van der Waals surface area contributed by atoms with Crippen molar-refractivity contribution in [3.8, 4) is 0 Å². The van der Waals surface area contributed by atoms with Crippen LogP contribution in [0.4, 0.5) is 0 Å². The van der Waals surface area contributed by atoms with E-state index in [2.05, 4.69) is 15.0 Å². The van der Waals surface area contributed by atoms with Gasteiger partial charge >= 0.3 is 0 Å². The lowest BCUT2D eigenvalue weighted by molar-refractivity contribution is -0.131. The first-order valence-corrected chi connectivity index (χ1v) is 9.86. The number of rotatable bonds is 5. The highest BCUT2D eigenvalue weighted by Crippen LogP contribution is 2.29. The molecule has 0 spiro atoms. The largest absolute Gasteiger partial charge is 0.442 e. The van der Waals surface area contributed by atoms with E-state index < -0.39 is 6.10 Å². The highest BCUT2D eigenvalue weighted by atomic mass is 16.5. The molecule has 0 fully saturated rings. The Morgan fingerprint density at radius 3 is 2.73 bits per heavy atom. The third-order valence-corrected chi connectivity index (χ3v) is 5.33. The van der Waals surface area contributed by atoms with Crippen LogP contribution in [0.25, 0.3) is 0 Å². The first kappa shape index (κ1) is 20.0. The van der Waals surface area contributed by atoms with Crippen molar-refractivity contribution in [2.24, 2.45) is 0 Å². The van der Waals surface area contributed by atoms with Gasteiger partial charge in [-0.05, 0) is 19.4 Å². The van der Waals surface area contributed by atoms with E-state index in [1.165, 1.54) is 0 Å².